The van der Waals surface area contributed by atoms with Crippen LogP contribution in [0.4, 0.5) is 0 Å². The molecule has 0 spiro atoms. The van der Waals surface area contributed by atoms with Crippen molar-refractivity contribution in [1.29, 1.82) is 0 Å². The van der Waals surface area contributed by atoms with Gasteiger partial charge in [-0.3, -0.25) is 9.11 Å². The number of aromatic nitrogens is 2. The van der Waals surface area contributed by atoms with E-state index in [0.717, 1.165) is 13.1 Å². The average molecular weight is 451 g/mol. The molecule has 0 amide bonds. The molecule has 0 aliphatic carbocycles. The van der Waals surface area contributed by atoms with Gasteiger partial charge in [0.2, 0.25) is 31.8 Å². The summed E-state index contributed by atoms with van der Waals surface area (Å²) in [7, 11) is -9.83. The Morgan fingerprint density at radius 1 is 0.846 bits per heavy atom. The van der Waals surface area contributed by atoms with Crippen molar-refractivity contribution in [1.82, 2.24) is 0 Å². The van der Waals surface area contributed by atoms with Crippen LogP contribution < -0.4 is 9.13 Å². The molecule has 0 atom stereocenters. The molecule has 2 N–H and O–H groups in total. The molecule has 14 heteroatoms. The zero-order valence-electron chi connectivity index (χ0n) is 14.6. The van der Waals surface area contributed by atoms with Gasteiger partial charge in [-0.25, -0.2) is 16.8 Å². The number of aryl methyl sites for hydroxylation is 4. The molecule has 0 bridgehead atoms. The van der Waals surface area contributed by atoms with Crippen molar-refractivity contribution in [2.75, 3.05) is 0 Å². The summed E-state index contributed by atoms with van der Waals surface area (Å²) in [5.74, 6) is 0. The number of rotatable bonds is 2. The summed E-state index contributed by atoms with van der Waals surface area (Å²) in [5, 5.41) is 4.31. The Kier molecular flexibility index (Phi) is 13.8. The highest BCUT2D eigenvalue weighted by Gasteiger charge is 2.01. The number of hydrogen-bond acceptors (Lipinski definition) is 8. The van der Waals surface area contributed by atoms with Crippen molar-refractivity contribution >= 4 is 43.5 Å². The molecule has 0 fully saturated rings. The summed E-state index contributed by atoms with van der Waals surface area (Å²) in [6, 6.07) is 0. The van der Waals surface area contributed by atoms with Crippen molar-refractivity contribution in [2.24, 2.45) is 0 Å². The van der Waals surface area contributed by atoms with Crippen LogP contribution in [0.2, 0.25) is 0 Å². The second-order valence-electron chi connectivity index (χ2n) is 4.43. The van der Waals surface area contributed by atoms with E-state index in [1.165, 1.54) is 11.4 Å². The van der Waals surface area contributed by atoms with E-state index in [9.17, 15) is 0 Å². The maximum absolute atomic E-state index is 8.63. The van der Waals surface area contributed by atoms with E-state index in [0.29, 0.717) is 0 Å². The molecule has 0 radical (unpaired) electrons. The van der Waals surface area contributed by atoms with E-state index in [1.54, 1.807) is 22.7 Å². The van der Waals surface area contributed by atoms with Gasteiger partial charge < -0.3 is 9.11 Å². The van der Waals surface area contributed by atoms with Gasteiger partial charge in [0, 0.05) is 13.8 Å². The highest BCUT2D eigenvalue weighted by atomic mass is 32.3. The minimum atomic E-state index is -4.92. The lowest BCUT2D eigenvalue weighted by molar-refractivity contribution is -0.694. The van der Waals surface area contributed by atoms with Crippen molar-refractivity contribution in [2.45, 2.75) is 40.8 Å². The lowest BCUT2D eigenvalue weighted by Crippen LogP contribution is -2.31. The highest BCUT2D eigenvalue weighted by molar-refractivity contribution is 7.80. The van der Waals surface area contributed by atoms with Gasteiger partial charge in [-0.05, 0) is 13.8 Å². The van der Waals surface area contributed by atoms with E-state index < -0.39 is 20.8 Å². The van der Waals surface area contributed by atoms with Crippen LogP contribution in [0.1, 0.15) is 25.2 Å². The largest absolute Gasteiger partial charge is 0.726 e. The molecule has 0 aliphatic rings. The lowest BCUT2D eigenvalue weighted by Gasteiger charge is -1.88. The monoisotopic (exact) mass is 450 g/mol. The first-order chi connectivity index (χ1) is 11.7. The molecule has 10 nitrogen and oxygen atoms in total. The van der Waals surface area contributed by atoms with Crippen molar-refractivity contribution in [3.8, 4) is 0 Å². The van der Waals surface area contributed by atoms with Gasteiger partial charge in [0.05, 0.1) is 10.8 Å². The predicted molar refractivity (Wildman–Crippen MR) is 94.5 cm³/mol. The standard InChI is InChI=1S/2C6H10NS.2H2O4S/c2*1-3-7-5-8-4-6(7)2;2*1-5(2,3)4/h2*4-5H,3H2,1-2H3;2*(H2,1,2,3,4)/q2*+1;;/p-2. The zero-order chi connectivity index (χ0) is 21.0. The van der Waals surface area contributed by atoms with Gasteiger partial charge in [0.25, 0.3) is 0 Å². The molecule has 0 aliphatic heterocycles. The van der Waals surface area contributed by atoms with Crippen LogP contribution in [0.5, 0.6) is 0 Å². The quantitative estimate of drug-likeness (QED) is 0.384. The fraction of sp³-hybridized carbons (Fsp3) is 0.500. The van der Waals surface area contributed by atoms with Crippen LogP contribution in [0, 0.1) is 13.8 Å². The summed E-state index contributed by atoms with van der Waals surface area (Å²) >= 11 is 3.51. The fourth-order valence-electron chi connectivity index (χ4n) is 1.35. The van der Waals surface area contributed by atoms with Crippen molar-refractivity contribution in [3.05, 3.63) is 33.2 Å². The zero-order valence-corrected chi connectivity index (χ0v) is 17.9. The molecule has 26 heavy (non-hydrogen) atoms. The molecule has 0 unspecified atom stereocenters. The number of nitrogens with zero attached hydrogens (tertiary/aromatic N) is 2. The van der Waals surface area contributed by atoms with E-state index in [4.69, 9.17) is 35.0 Å². The summed E-state index contributed by atoms with van der Waals surface area (Å²) in [6.45, 7) is 10.7. The van der Waals surface area contributed by atoms with Gasteiger partial charge >= 0.3 is 0 Å². The van der Waals surface area contributed by atoms with E-state index in [1.807, 2.05) is 0 Å². The first-order valence-corrected chi connectivity index (χ1v) is 11.5. The number of hydrogen-bond donors (Lipinski definition) is 2. The van der Waals surface area contributed by atoms with Crippen LogP contribution in [0.25, 0.3) is 0 Å². The molecule has 2 aromatic heterocycles. The lowest BCUT2D eigenvalue weighted by atomic mass is 10.5. The molecule has 152 valence electrons. The summed E-state index contributed by atoms with van der Waals surface area (Å²) < 4.78 is 70.1. The highest BCUT2D eigenvalue weighted by Crippen LogP contribution is 1.95. The molecule has 0 saturated carbocycles. The molecule has 0 aromatic carbocycles. The minimum Gasteiger partial charge on any atom is -0.726 e. The van der Waals surface area contributed by atoms with Crippen LogP contribution in [-0.4, -0.2) is 35.0 Å². The third-order valence-electron chi connectivity index (χ3n) is 2.44. The van der Waals surface area contributed by atoms with Crippen LogP contribution >= 0.6 is 22.7 Å². The average Bonchev–Trinajstić information content (AvgIpc) is 3.03. The topological polar surface area (TPSA) is 163 Å². The van der Waals surface area contributed by atoms with Gasteiger partial charge in [0.15, 0.2) is 11.4 Å². The Labute approximate surface area is 161 Å². The second kappa shape index (κ2) is 13.2. The second-order valence-corrected chi connectivity index (χ2v) is 7.58. The Morgan fingerprint density at radius 3 is 1.15 bits per heavy atom. The van der Waals surface area contributed by atoms with E-state index in [-0.39, 0.29) is 0 Å². The third kappa shape index (κ3) is 21.0. The molecule has 2 rings (SSSR count). The summed E-state index contributed by atoms with van der Waals surface area (Å²) in [5.41, 5.74) is 6.99. The maximum Gasteiger partial charge on any atom is 0.224 e. The first kappa shape index (κ1) is 27.2. The van der Waals surface area contributed by atoms with Gasteiger partial charge in [0.1, 0.15) is 13.1 Å². The van der Waals surface area contributed by atoms with Crippen LogP contribution in [0.3, 0.4) is 0 Å². The SMILES string of the molecule is CC[n+]1cscc1C.CC[n+]1cscc1C.O=S(=O)([O-])O.O=S(=O)([O-])O. The molecular formula is C12H22N2O8S4. The summed E-state index contributed by atoms with van der Waals surface area (Å²) in [4.78, 5) is 0. The molecule has 2 aromatic rings. The van der Waals surface area contributed by atoms with Gasteiger partial charge in [-0.1, -0.05) is 22.7 Å². The normalized spacial score (nSPS) is 10.5. The van der Waals surface area contributed by atoms with Gasteiger partial charge in [-0.2, -0.15) is 9.13 Å². The smallest absolute Gasteiger partial charge is 0.224 e. The Hall–Kier alpha value is -1.00. The molecular weight excluding hydrogens is 428 g/mol. The maximum atomic E-state index is 8.63. The van der Waals surface area contributed by atoms with Crippen LogP contribution in [-0.2, 0) is 33.9 Å². The molecule has 0 saturated heterocycles. The first-order valence-electron chi connectivity index (χ1n) is 6.90. The third-order valence-corrected chi connectivity index (χ3v) is 4.15. The molecule has 2 heterocycles. The van der Waals surface area contributed by atoms with Gasteiger partial charge in [-0.15, -0.1) is 0 Å². The van der Waals surface area contributed by atoms with Crippen LogP contribution in [0.15, 0.2) is 21.8 Å². The van der Waals surface area contributed by atoms with Crippen molar-refractivity contribution in [3.63, 3.8) is 0 Å². The van der Waals surface area contributed by atoms with E-state index >= 15 is 0 Å². The Bertz CT molecular complexity index is 741. The predicted octanol–water partition coefficient (Wildman–Crippen LogP) is 0.737. The Morgan fingerprint density at radius 2 is 1.08 bits per heavy atom. The minimum absolute atomic E-state index is 1.09. The number of thiazole rings is 2. The van der Waals surface area contributed by atoms with E-state index in [2.05, 4.69) is 58.6 Å². The summed E-state index contributed by atoms with van der Waals surface area (Å²) in [6.07, 6.45) is 0. The Balaban J connectivity index is 0. The van der Waals surface area contributed by atoms with Crippen molar-refractivity contribution < 1.29 is 44.2 Å². The fourth-order valence-corrected chi connectivity index (χ4v) is 3.07.